The minimum absolute atomic E-state index is 0.0202. The lowest BCUT2D eigenvalue weighted by Gasteiger charge is -2.13. The van der Waals surface area contributed by atoms with Gasteiger partial charge in [-0.3, -0.25) is 10.2 Å². The van der Waals surface area contributed by atoms with Gasteiger partial charge in [0.2, 0.25) is 0 Å². The van der Waals surface area contributed by atoms with Crippen LogP contribution in [0.3, 0.4) is 0 Å². The molecular formula is C21H28N2O5S2. The Morgan fingerprint density at radius 1 is 1.00 bits per heavy atom. The number of hydrogen-bond acceptors (Lipinski definition) is 6. The molecule has 9 heteroatoms. The Hall–Kier alpha value is -2.10. The van der Waals surface area contributed by atoms with Gasteiger partial charge in [-0.05, 0) is 63.3 Å². The molecule has 2 aromatic rings. The van der Waals surface area contributed by atoms with Gasteiger partial charge in [0.15, 0.2) is 11.5 Å². The Morgan fingerprint density at radius 3 is 2.43 bits per heavy atom. The molecule has 1 aliphatic carbocycles. The van der Waals surface area contributed by atoms with Crippen molar-refractivity contribution in [3.63, 3.8) is 0 Å². The average Bonchev–Trinajstić information content (AvgIpc) is 3.10. The van der Waals surface area contributed by atoms with Gasteiger partial charge in [-0.25, -0.2) is 8.42 Å². The lowest BCUT2D eigenvalue weighted by molar-refractivity contribution is 0.0949. The number of rotatable bonds is 8. The van der Waals surface area contributed by atoms with Crippen molar-refractivity contribution in [2.75, 3.05) is 13.2 Å². The predicted molar refractivity (Wildman–Crippen MR) is 117 cm³/mol. The minimum Gasteiger partial charge on any atom is -0.490 e. The molecule has 0 aliphatic heterocycles. The Morgan fingerprint density at radius 2 is 1.70 bits per heavy atom. The van der Waals surface area contributed by atoms with Gasteiger partial charge in [-0.2, -0.15) is 0 Å². The van der Waals surface area contributed by atoms with Crippen molar-refractivity contribution < 1.29 is 22.7 Å². The van der Waals surface area contributed by atoms with E-state index in [2.05, 4.69) is 10.3 Å². The fourth-order valence-corrected chi connectivity index (χ4v) is 5.39. The van der Waals surface area contributed by atoms with Crippen LogP contribution in [0.5, 0.6) is 11.5 Å². The monoisotopic (exact) mass is 452 g/mol. The van der Waals surface area contributed by atoms with Gasteiger partial charge in [0.25, 0.3) is 15.9 Å². The highest BCUT2D eigenvalue weighted by Gasteiger charge is 2.20. The molecule has 0 saturated carbocycles. The number of hydrogen-bond donors (Lipinski definition) is 2. The van der Waals surface area contributed by atoms with Crippen molar-refractivity contribution in [3.05, 3.63) is 39.6 Å². The summed E-state index contributed by atoms with van der Waals surface area (Å²) < 4.78 is 36.3. The van der Waals surface area contributed by atoms with Gasteiger partial charge in [0.1, 0.15) is 0 Å². The third-order valence-corrected chi connectivity index (χ3v) is 7.33. The third-order valence-electron chi connectivity index (χ3n) is 4.84. The first kappa shape index (κ1) is 22.6. The van der Waals surface area contributed by atoms with Crippen molar-refractivity contribution in [2.24, 2.45) is 0 Å². The van der Waals surface area contributed by atoms with Crippen LogP contribution in [-0.4, -0.2) is 27.5 Å². The van der Waals surface area contributed by atoms with E-state index in [4.69, 9.17) is 9.47 Å². The Labute approximate surface area is 181 Å². The van der Waals surface area contributed by atoms with E-state index in [0.29, 0.717) is 29.6 Å². The van der Waals surface area contributed by atoms with Crippen LogP contribution in [0, 0.1) is 0 Å². The molecule has 1 heterocycles. The molecule has 164 valence electrons. The summed E-state index contributed by atoms with van der Waals surface area (Å²) >= 11 is 1.45. The SMILES string of the molecule is CCOc1ccc(S(=O)(=O)NNC(=O)c2cc3c(s2)CCCCCC3)cc1OCC. The molecule has 1 aromatic carbocycles. The highest BCUT2D eigenvalue weighted by Crippen LogP contribution is 2.30. The zero-order chi connectivity index (χ0) is 21.6. The van der Waals surface area contributed by atoms with Crippen LogP contribution in [0.2, 0.25) is 0 Å². The molecule has 2 N–H and O–H groups in total. The summed E-state index contributed by atoms with van der Waals surface area (Å²) in [6, 6.07) is 6.24. The molecule has 0 bridgehead atoms. The number of ether oxygens (including phenoxy) is 2. The lowest BCUT2D eigenvalue weighted by atomic mass is 10.00. The summed E-state index contributed by atoms with van der Waals surface area (Å²) in [7, 11) is -3.96. The zero-order valence-corrected chi connectivity index (χ0v) is 19.0. The quantitative estimate of drug-likeness (QED) is 0.594. The molecular weight excluding hydrogens is 424 g/mol. The van der Waals surface area contributed by atoms with Crippen LogP contribution in [-0.2, 0) is 22.9 Å². The second-order valence-electron chi connectivity index (χ2n) is 7.01. The Kier molecular flexibility index (Phi) is 7.74. The molecule has 1 aliphatic rings. The number of aryl methyl sites for hydroxylation is 2. The van der Waals surface area contributed by atoms with Crippen LogP contribution >= 0.6 is 11.3 Å². The maximum atomic E-state index is 12.7. The summed E-state index contributed by atoms with van der Waals surface area (Å²) in [6.45, 7) is 4.45. The zero-order valence-electron chi connectivity index (χ0n) is 17.3. The fraction of sp³-hybridized carbons (Fsp3) is 0.476. The topological polar surface area (TPSA) is 93.7 Å². The van der Waals surface area contributed by atoms with Crippen molar-refractivity contribution in [3.8, 4) is 11.5 Å². The Balaban J connectivity index is 1.71. The number of nitrogens with one attached hydrogen (secondary N) is 2. The number of hydrazine groups is 1. The second-order valence-corrected chi connectivity index (χ2v) is 9.83. The number of fused-ring (bicyclic) bond motifs is 1. The number of benzene rings is 1. The second kappa shape index (κ2) is 10.3. The highest BCUT2D eigenvalue weighted by molar-refractivity contribution is 7.89. The summed E-state index contributed by atoms with van der Waals surface area (Å²) in [4.78, 5) is 16.5. The molecule has 0 saturated heterocycles. The average molecular weight is 453 g/mol. The maximum Gasteiger partial charge on any atom is 0.276 e. The number of sulfonamides is 1. The van der Waals surface area contributed by atoms with Crippen LogP contribution < -0.4 is 19.7 Å². The van der Waals surface area contributed by atoms with Gasteiger partial charge in [0, 0.05) is 10.9 Å². The molecule has 0 atom stereocenters. The van der Waals surface area contributed by atoms with E-state index in [1.165, 1.54) is 46.8 Å². The van der Waals surface area contributed by atoms with Gasteiger partial charge >= 0.3 is 0 Å². The lowest BCUT2D eigenvalue weighted by Crippen LogP contribution is -2.41. The minimum atomic E-state index is -3.96. The van der Waals surface area contributed by atoms with E-state index in [1.54, 1.807) is 13.0 Å². The van der Waals surface area contributed by atoms with E-state index in [0.717, 1.165) is 25.7 Å². The maximum absolute atomic E-state index is 12.7. The fourth-order valence-electron chi connectivity index (χ4n) is 3.39. The summed E-state index contributed by atoms with van der Waals surface area (Å²) in [5.74, 6) is 0.358. The van der Waals surface area contributed by atoms with Crippen molar-refractivity contribution >= 4 is 27.3 Å². The van der Waals surface area contributed by atoms with Crippen molar-refractivity contribution in [2.45, 2.75) is 57.3 Å². The van der Waals surface area contributed by atoms with Gasteiger partial charge in [-0.15, -0.1) is 16.2 Å². The first-order valence-electron chi connectivity index (χ1n) is 10.3. The van der Waals surface area contributed by atoms with E-state index in [1.807, 2.05) is 13.0 Å². The molecule has 30 heavy (non-hydrogen) atoms. The Bertz CT molecular complexity index is 960. The molecule has 0 fully saturated rings. The summed E-state index contributed by atoms with van der Waals surface area (Å²) in [5.41, 5.74) is 3.54. The van der Waals surface area contributed by atoms with Crippen LogP contribution in [0.4, 0.5) is 0 Å². The number of carbonyl (C=O) groups excluding carboxylic acids is 1. The molecule has 3 rings (SSSR count). The first-order valence-corrected chi connectivity index (χ1v) is 12.6. The van der Waals surface area contributed by atoms with Crippen LogP contribution in [0.1, 0.15) is 59.6 Å². The predicted octanol–water partition coefficient (Wildman–Crippen LogP) is 3.83. The van der Waals surface area contributed by atoms with E-state index >= 15 is 0 Å². The highest BCUT2D eigenvalue weighted by atomic mass is 32.2. The standard InChI is InChI=1S/C21H28N2O5S2/c1-3-27-17-12-11-16(14-18(17)28-4-2)30(25,26)23-22-21(24)20-13-15-9-7-5-6-8-10-19(15)29-20/h11-14,23H,3-10H2,1-2H3,(H,22,24). The molecule has 7 nitrogen and oxygen atoms in total. The van der Waals surface area contributed by atoms with Gasteiger partial charge in [0.05, 0.1) is 23.0 Å². The number of amides is 1. The largest absolute Gasteiger partial charge is 0.490 e. The van der Waals surface area contributed by atoms with E-state index in [-0.39, 0.29) is 4.90 Å². The smallest absolute Gasteiger partial charge is 0.276 e. The molecule has 1 aromatic heterocycles. The number of thiophene rings is 1. The van der Waals surface area contributed by atoms with Crippen molar-refractivity contribution in [1.29, 1.82) is 0 Å². The van der Waals surface area contributed by atoms with Gasteiger partial charge in [-0.1, -0.05) is 12.8 Å². The van der Waals surface area contributed by atoms with E-state index in [9.17, 15) is 13.2 Å². The normalized spacial score (nSPS) is 14.3. The first-order chi connectivity index (χ1) is 14.4. The van der Waals surface area contributed by atoms with Crippen molar-refractivity contribution in [1.82, 2.24) is 10.3 Å². The third kappa shape index (κ3) is 5.53. The summed E-state index contributed by atoms with van der Waals surface area (Å²) in [6.07, 6.45) is 6.62. The van der Waals surface area contributed by atoms with Gasteiger partial charge < -0.3 is 9.47 Å². The van der Waals surface area contributed by atoms with E-state index < -0.39 is 15.9 Å². The summed E-state index contributed by atoms with van der Waals surface area (Å²) in [5, 5.41) is 0. The van der Waals surface area contributed by atoms with Crippen LogP contribution in [0.15, 0.2) is 29.2 Å². The molecule has 0 radical (unpaired) electrons. The number of carbonyl (C=O) groups is 1. The molecule has 0 unspecified atom stereocenters. The molecule has 0 spiro atoms. The van der Waals surface area contributed by atoms with Crippen LogP contribution in [0.25, 0.3) is 0 Å². The molecule has 1 amide bonds.